The highest BCUT2D eigenvalue weighted by Gasteiger charge is 2.75. The maximum absolute atomic E-state index is 13.8. The highest BCUT2D eigenvalue weighted by molar-refractivity contribution is 5.98. The number of ether oxygens (including phenoxy) is 2. The molecule has 2 unspecified atom stereocenters. The van der Waals surface area contributed by atoms with Crippen molar-refractivity contribution in [2.75, 3.05) is 26.3 Å². The van der Waals surface area contributed by atoms with E-state index in [4.69, 9.17) is 14.6 Å². The van der Waals surface area contributed by atoms with Gasteiger partial charge in [-0.15, -0.1) is 6.58 Å². The molecule has 2 bridgehead atoms. The largest absolute Gasteiger partial charge is 0.461 e. The van der Waals surface area contributed by atoms with Crippen LogP contribution in [0.3, 0.4) is 0 Å². The molecule has 2 amide bonds. The molecule has 32 heavy (non-hydrogen) atoms. The first-order valence-electron chi connectivity index (χ1n) is 11.6. The molecular weight excluding hydrogens is 412 g/mol. The van der Waals surface area contributed by atoms with E-state index in [1.165, 1.54) is 6.08 Å². The Kier molecular flexibility index (Phi) is 7.77. The average Bonchev–Trinajstić information content (AvgIpc) is 3.40. The molecule has 3 aliphatic rings. The topological polar surface area (TPSA) is 96.4 Å². The molecular formula is C24H36N2O6. The van der Waals surface area contributed by atoms with Gasteiger partial charge in [-0.2, -0.15) is 0 Å². The van der Waals surface area contributed by atoms with Gasteiger partial charge in [0.1, 0.15) is 18.2 Å². The maximum Gasteiger partial charge on any atom is 0.312 e. The van der Waals surface area contributed by atoms with Gasteiger partial charge in [-0.05, 0) is 46.0 Å². The normalized spacial score (nSPS) is 30.5. The number of hydrogen-bond acceptors (Lipinski definition) is 6. The first-order chi connectivity index (χ1) is 15.3. The number of carbonyl (C=O) groups is 3. The number of nitrogens with zero attached hydrogens (tertiary/aromatic N) is 2. The minimum absolute atomic E-state index is 0.0731. The van der Waals surface area contributed by atoms with Crippen LogP contribution in [0.15, 0.2) is 25.3 Å². The number of amides is 2. The second kappa shape index (κ2) is 10.2. The van der Waals surface area contributed by atoms with Crippen LogP contribution in [-0.2, 0) is 23.9 Å². The lowest BCUT2D eigenvalue weighted by Crippen LogP contribution is -2.57. The second-order valence-corrected chi connectivity index (χ2v) is 9.16. The number of aliphatic hydroxyl groups is 1. The second-order valence-electron chi connectivity index (χ2n) is 9.16. The fourth-order valence-electron chi connectivity index (χ4n) is 5.60. The van der Waals surface area contributed by atoms with Crippen LogP contribution >= 0.6 is 0 Å². The van der Waals surface area contributed by atoms with Crippen LogP contribution in [0, 0.1) is 11.8 Å². The third-order valence-electron chi connectivity index (χ3n) is 6.94. The molecule has 1 spiro atoms. The van der Waals surface area contributed by atoms with Crippen molar-refractivity contribution in [2.45, 2.75) is 69.7 Å². The van der Waals surface area contributed by atoms with Crippen LogP contribution in [0.2, 0.25) is 0 Å². The molecule has 178 valence electrons. The van der Waals surface area contributed by atoms with Crippen molar-refractivity contribution in [3.05, 3.63) is 25.3 Å². The third-order valence-corrected chi connectivity index (χ3v) is 6.94. The number of carbonyl (C=O) groups excluding carboxylic acids is 3. The van der Waals surface area contributed by atoms with Gasteiger partial charge in [-0.3, -0.25) is 14.4 Å². The van der Waals surface area contributed by atoms with E-state index in [-0.39, 0.29) is 31.1 Å². The summed E-state index contributed by atoms with van der Waals surface area (Å²) in [6.07, 6.45) is 5.97. The Morgan fingerprint density at radius 3 is 2.69 bits per heavy atom. The van der Waals surface area contributed by atoms with E-state index >= 15 is 0 Å². The third kappa shape index (κ3) is 4.10. The molecule has 3 aliphatic heterocycles. The number of esters is 1. The van der Waals surface area contributed by atoms with Crippen LogP contribution in [-0.4, -0.2) is 82.8 Å². The number of hydrogen-bond donors (Lipinski definition) is 1. The molecule has 3 rings (SSSR count). The fourth-order valence-corrected chi connectivity index (χ4v) is 5.60. The lowest BCUT2D eigenvalue weighted by atomic mass is 9.70. The van der Waals surface area contributed by atoms with Crippen molar-refractivity contribution in [1.29, 1.82) is 0 Å². The highest BCUT2D eigenvalue weighted by atomic mass is 16.6. The van der Waals surface area contributed by atoms with Crippen LogP contribution in [0.1, 0.15) is 46.0 Å². The predicted molar refractivity (Wildman–Crippen MR) is 118 cm³/mol. The minimum Gasteiger partial charge on any atom is -0.461 e. The van der Waals surface area contributed by atoms with Crippen molar-refractivity contribution < 1.29 is 29.0 Å². The smallest absolute Gasteiger partial charge is 0.312 e. The number of fused-ring (bicyclic) bond motifs is 1. The SMILES string of the molecule is C=CCOC(=O)[C@@H]1[C@@H]2CCC3(O2)C(C(=O)N(CC=C)C(C)C)N(CCCCCO)C(=O)[C@H]13. The van der Waals surface area contributed by atoms with E-state index in [0.717, 1.165) is 6.42 Å². The molecule has 8 heteroatoms. The zero-order valence-electron chi connectivity index (χ0n) is 19.2. The number of rotatable bonds is 12. The summed E-state index contributed by atoms with van der Waals surface area (Å²) in [6, 6.07) is -0.854. The Bertz CT molecular complexity index is 753. The van der Waals surface area contributed by atoms with E-state index in [0.29, 0.717) is 38.8 Å². The molecule has 0 aromatic carbocycles. The van der Waals surface area contributed by atoms with E-state index in [1.54, 1.807) is 15.9 Å². The molecule has 0 aromatic rings. The zero-order chi connectivity index (χ0) is 23.5. The minimum atomic E-state index is -1.01. The van der Waals surface area contributed by atoms with E-state index < -0.39 is 35.6 Å². The van der Waals surface area contributed by atoms with Crippen LogP contribution in [0.4, 0.5) is 0 Å². The molecule has 0 aromatic heterocycles. The van der Waals surface area contributed by atoms with E-state index in [2.05, 4.69) is 13.2 Å². The molecule has 3 heterocycles. The van der Waals surface area contributed by atoms with Crippen LogP contribution < -0.4 is 0 Å². The Morgan fingerprint density at radius 1 is 1.31 bits per heavy atom. The highest BCUT2D eigenvalue weighted by Crippen LogP contribution is 2.58. The van der Waals surface area contributed by atoms with Gasteiger partial charge in [0.05, 0.1) is 17.9 Å². The quantitative estimate of drug-likeness (QED) is 0.277. The van der Waals surface area contributed by atoms with E-state index in [1.807, 2.05) is 13.8 Å². The first kappa shape index (κ1) is 24.5. The van der Waals surface area contributed by atoms with Gasteiger partial charge >= 0.3 is 5.97 Å². The van der Waals surface area contributed by atoms with Crippen molar-refractivity contribution in [2.24, 2.45) is 11.8 Å². The Hall–Kier alpha value is -2.19. The van der Waals surface area contributed by atoms with Crippen molar-refractivity contribution in [3.63, 3.8) is 0 Å². The van der Waals surface area contributed by atoms with Crippen molar-refractivity contribution >= 4 is 17.8 Å². The molecule has 0 radical (unpaired) electrons. The molecule has 0 aliphatic carbocycles. The Labute approximate surface area is 190 Å². The Balaban J connectivity index is 1.95. The summed E-state index contributed by atoms with van der Waals surface area (Å²) in [5.41, 5.74) is -1.01. The average molecular weight is 449 g/mol. The van der Waals surface area contributed by atoms with Gasteiger partial charge in [-0.25, -0.2) is 0 Å². The van der Waals surface area contributed by atoms with E-state index in [9.17, 15) is 14.4 Å². The summed E-state index contributed by atoms with van der Waals surface area (Å²) in [5, 5.41) is 9.10. The number of likely N-dealkylation sites (tertiary alicyclic amines) is 1. The molecule has 5 atom stereocenters. The monoisotopic (exact) mass is 448 g/mol. The predicted octanol–water partition coefficient (Wildman–Crippen LogP) is 1.68. The van der Waals surface area contributed by atoms with Crippen molar-refractivity contribution in [1.82, 2.24) is 9.80 Å². The van der Waals surface area contributed by atoms with Crippen LogP contribution in [0.5, 0.6) is 0 Å². The Morgan fingerprint density at radius 2 is 2.06 bits per heavy atom. The van der Waals surface area contributed by atoms with Crippen LogP contribution in [0.25, 0.3) is 0 Å². The van der Waals surface area contributed by atoms with Crippen molar-refractivity contribution in [3.8, 4) is 0 Å². The summed E-state index contributed by atoms with van der Waals surface area (Å²) < 4.78 is 11.7. The van der Waals surface area contributed by atoms with Gasteiger partial charge in [0, 0.05) is 25.7 Å². The molecule has 0 saturated carbocycles. The van der Waals surface area contributed by atoms with Gasteiger partial charge in [0.2, 0.25) is 11.8 Å². The zero-order valence-corrected chi connectivity index (χ0v) is 19.2. The summed E-state index contributed by atoms with van der Waals surface area (Å²) in [4.78, 5) is 43.7. The van der Waals surface area contributed by atoms with Gasteiger partial charge in [-0.1, -0.05) is 18.7 Å². The lowest BCUT2D eigenvalue weighted by molar-refractivity contribution is -0.154. The summed E-state index contributed by atoms with van der Waals surface area (Å²) in [5.74, 6) is -2.27. The van der Waals surface area contributed by atoms with Gasteiger partial charge in [0.15, 0.2) is 0 Å². The summed E-state index contributed by atoms with van der Waals surface area (Å²) >= 11 is 0. The summed E-state index contributed by atoms with van der Waals surface area (Å²) in [7, 11) is 0. The number of unbranched alkanes of at least 4 members (excludes halogenated alkanes) is 2. The van der Waals surface area contributed by atoms with Gasteiger partial charge < -0.3 is 24.4 Å². The molecule has 8 nitrogen and oxygen atoms in total. The maximum atomic E-state index is 13.8. The molecule has 3 saturated heterocycles. The standard InChI is InChI=1S/C24H36N2O6/c1-5-12-25(16(3)4)22(29)20-24-11-10-17(32-24)18(23(30)31-15-6-2)19(24)21(28)26(20)13-8-7-9-14-27/h5-6,16-20,27H,1-2,7-15H2,3-4H3/t17-,18+,19-,20?,24?/m0/s1. The first-order valence-corrected chi connectivity index (χ1v) is 11.6. The number of aliphatic hydroxyl groups excluding tert-OH is 1. The fraction of sp³-hybridized carbons (Fsp3) is 0.708. The molecule has 3 fully saturated rings. The summed E-state index contributed by atoms with van der Waals surface area (Å²) in [6.45, 7) is 12.1. The lowest BCUT2D eigenvalue weighted by Gasteiger charge is -2.38. The van der Waals surface area contributed by atoms with Gasteiger partial charge in [0.25, 0.3) is 0 Å². The molecule has 1 N–H and O–H groups in total.